The fourth-order valence-electron chi connectivity index (χ4n) is 7.54. The van der Waals surface area contributed by atoms with E-state index in [1.54, 1.807) is 123 Å². The molecular weight excluding hydrogens is 930 g/mol. The number of amides is 5. The Hall–Kier alpha value is -8.67. The molecular formula is C47H51F3N14O7. The lowest BCUT2D eigenvalue weighted by atomic mass is 10.1. The molecule has 0 saturated carbocycles. The lowest BCUT2D eigenvalue weighted by Crippen LogP contribution is -2.38. The zero-order chi connectivity index (χ0) is 51.6. The zero-order valence-electron chi connectivity index (χ0n) is 38.6. The van der Waals surface area contributed by atoms with Gasteiger partial charge in [0, 0.05) is 41.2 Å². The van der Waals surface area contributed by atoms with Crippen LogP contribution in [0.2, 0.25) is 0 Å². The van der Waals surface area contributed by atoms with Gasteiger partial charge in [-0.3, -0.25) is 28.9 Å². The van der Waals surface area contributed by atoms with Gasteiger partial charge in [-0.15, -0.1) is 0 Å². The fraction of sp³-hybridized carbons (Fsp3) is 0.277. The predicted molar refractivity (Wildman–Crippen MR) is 254 cm³/mol. The van der Waals surface area contributed by atoms with Gasteiger partial charge < -0.3 is 43.8 Å². The molecule has 0 spiro atoms. The van der Waals surface area contributed by atoms with Gasteiger partial charge in [0.15, 0.2) is 17.2 Å². The Morgan fingerprint density at radius 3 is 1.56 bits per heavy atom. The highest BCUT2D eigenvalue weighted by molar-refractivity contribution is 6.05. The van der Waals surface area contributed by atoms with Gasteiger partial charge in [0.05, 0.1) is 12.1 Å². The Labute approximate surface area is 404 Å². The van der Waals surface area contributed by atoms with E-state index in [0.29, 0.717) is 64.2 Å². The minimum Gasteiger partial charge on any atom is -0.444 e. The standard InChI is InChI=1S/C25H29N7O4.C20H21N7O2.C2HF3O/c1-25(2,3)36-24(35)31-14-6-7-17(31)22-30-19(20(21(26)33)32(22)27)15-9-11-16(12-10-15)23(34)29-18-8-4-5-13-28-18;21-18(28)17-16(26-19(27(17)22)14-4-3-11-23-14)12-6-8-13(9-7-12)20(29)25-15-5-1-2-10-24-15;3-2(4,5)1-6/h4-5,8-13,17H,6-7,14,27H2,1-3H3,(H2,26,33)(H,28,29,34);1-2,5-10,14,23H,3-4,11,22H2,(H2,21,28)(H,24,25,29);1H/t17-;14-;/m00./s1. The third kappa shape index (κ3) is 13.1. The molecule has 2 atom stereocenters. The molecule has 0 aliphatic carbocycles. The number of benzene rings is 2. The maximum absolute atomic E-state index is 12.8. The second-order valence-corrected chi connectivity index (χ2v) is 16.9. The van der Waals surface area contributed by atoms with Crippen molar-refractivity contribution >= 4 is 47.6 Å². The van der Waals surface area contributed by atoms with Gasteiger partial charge in [-0.1, -0.05) is 36.4 Å². The summed E-state index contributed by atoms with van der Waals surface area (Å²) < 4.78 is 39.2. The van der Waals surface area contributed by atoms with Gasteiger partial charge in [0.2, 0.25) is 6.29 Å². The second kappa shape index (κ2) is 22.2. The van der Waals surface area contributed by atoms with E-state index in [1.807, 2.05) is 0 Å². The molecule has 4 aromatic heterocycles. The van der Waals surface area contributed by atoms with E-state index in [1.165, 1.54) is 4.68 Å². The molecule has 6 aromatic rings. The largest absolute Gasteiger partial charge is 0.446 e. The molecule has 6 heterocycles. The number of imidazole rings is 2. The molecule has 2 saturated heterocycles. The zero-order valence-corrected chi connectivity index (χ0v) is 38.6. The molecule has 5 amide bonds. The molecule has 21 nitrogen and oxygen atoms in total. The fourth-order valence-corrected chi connectivity index (χ4v) is 7.54. The average molecular weight is 981 g/mol. The summed E-state index contributed by atoms with van der Waals surface area (Å²) in [6.07, 6.45) is 0.252. The first kappa shape index (κ1) is 51.7. The number of likely N-dealkylation sites (tertiary alicyclic amines) is 1. The molecule has 0 bridgehead atoms. The second-order valence-electron chi connectivity index (χ2n) is 16.9. The van der Waals surface area contributed by atoms with Gasteiger partial charge in [-0.2, -0.15) is 13.2 Å². The third-order valence-electron chi connectivity index (χ3n) is 10.7. The maximum atomic E-state index is 12.8. The number of nitrogen functional groups attached to an aromatic ring is 2. The van der Waals surface area contributed by atoms with Crippen molar-refractivity contribution in [1.29, 1.82) is 0 Å². The number of halogens is 3. The molecule has 71 heavy (non-hydrogen) atoms. The van der Waals surface area contributed by atoms with Crippen molar-refractivity contribution < 1.29 is 46.7 Å². The van der Waals surface area contributed by atoms with Crippen molar-refractivity contribution in [3.63, 3.8) is 0 Å². The number of anilines is 2. The van der Waals surface area contributed by atoms with Gasteiger partial charge >= 0.3 is 12.3 Å². The average Bonchev–Trinajstić information content (AvgIpc) is 4.16. The summed E-state index contributed by atoms with van der Waals surface area (Å²) in [7, 11) is 0. The highest BCUT2D eigenvalue weighted by Gasteiger charge is 2.38. The molecule has 24 heteroatoms. The van der Waals surface area contributed by atoms with Gasteiger partial charge in [-0.25, -0.2) is 34.1 Å². The number of ether oxygens (including phenoxy) is 1. The smallest absolute Gasteiger partial charge is 0.444 e. The number of aldehydes is 1. The Kier molecular flexibility index (Phi) is 16.2. The summed E-state index contributed by atoms with van der Waals surface area (Å²) in [5.41, 5.74) is 13.4. The molecule has 372 valence electrons. The number of carbonyl (C=O) groups is 6. The number of alkyl halides is 3. The van der Waals surface area contributed by atoms with Crippen molar-refractivity contribution in [2.75, 3.05) is 35.4 Å². The highest BCUT2D eigenvalue weighted by atomic mass is 19.4. The molecule has 11 N–H and O–H groups in total. The van der Waals surface area contributed by atoms with Crippen LogP contribution < -0.4 is 39.1 Å². The first-order chi connectivity index (χ1) is 33.6. The number of rotatable bonds is 10. The van der Waals surface area contributed by atoms with Crippen LogP contribution in [0.1, 0.15) is 112 Å². The van der Waals surface area contributed by atoms with Crippen LogP contribution in [0.25, 0.3) is 22.5 Å². The predicted octanol–water partition coefficient (Wildman–Crippen LogP) is 5.26. The summed E-state index contributed by atoms with van der Waals surface area (Å²) in [6, 6.07) is 23.3. The SMILES string of the molecule is CC(C)(C)OC(=O)N1CCC[C@H]1c1nc(-c2ccc(C(=O)Nc3ccccn3)cc2)c(C(N)=O)n1N.NC(=O)c1c(-c2ccc(C(=O)Nc3ccccn3)cc2)nc([C@@H]2CCCN2)n1N.O=CC(F)(F)F. The molecule has 2 fully saturated rings. The molecule has 2 aliphatic rings. The Balaban J connectivity index is 0.000000212. The van der Waals surface area contributed by atoms with E-state index >= 15 is 0 Å². The van der Waals surface area contributed by atoms with Crippen LogP contribution in [0.15, 0.2) is 97.3 Å². The summed E-state index contributed by atoms with van der Waals surface area (Å²) in [4.78, 5) is 89.7. The number of primary amides is 2. The van der Waals surface area contributed by atoms with E-state index in [9.17, 15) is 37.1 Å². The number of nitrogens with one attached hydrogen (secondary N) is 3. The summed E-state index contributed by atoms with van der Waals surface area (Å²) in [5, 5.41) is 8.76. The van der Waals surface area contributed by atoms with E-state index in [2.05, 4.69) is 35.9 Å². The first-order valence-electron chi connectivity index (χ1n) is 21.9. The number of nitrogens with zero attached hydrogens (tertiary/aromatic N) is 7. The topological polar surface area (TPSA) is 316 Å². The van der Waals surface area contributed by atoms with E-state index < -0.39 is 42.0 Å². The third-order valence-corrected chi connectivity index (χ3v) is 10.7. The van der Waals surface area contributed by atoms with Gasteiger partial charge in [0.1, 0.15) is 34.4 Å². The molecule has 0 unspecified atom stereocenters. The summed E-state index contributed by atoms with van der Waals surface area (Å²) in [5.74, 6) is 12.2. The van der Waals surface area contributed by atoms with Crippen molar-refractivity contribution in [3.05, 3.63) is 131 Å². The lowest BCUT2D eigenvalue weighted by Gasteiger charge is -2.28. The Bertz CT molecular complexity index is 2860. The lowest BCUT2D eigenvalue weighted by molar-refractivity contribution is -0.156. The van der Waals surface area contributed by atoms with Gasteiger partial charge in [-0.05, 0) is 102 Å². The normalized spacial score (nSPS) is 15.3. The Morgan fingerprint density at radius 1 is 0.704 bits per heavy atom. The molecule has 0 radical (unpaired) electrons. The Morgan fingerprint density at radius 2 is 1.17 bits per heavy atom. The minimum absolute atomic E-state index is 0.00623. The van der Waals surface area contributed by atoms with Crippen LogP contribution in [0.4, 0.5) is 29.6 Å². The number of pyridine rings is 2. The maximum Gasteiger partial charge on any atom is 0.446 e. The van der Waals surface area contributed by atoms with Crippen LogP contribution in [0.5, 0.6) is 0 Å². The number of nitrogens with two attached hydrogens (primary N) is 4. The van der Waals surface area contributed by atoms with Crippen molar-refractivity contribution in [2.45, 2.75) is 70.3 Å². The first-order valence-corrected chi connectivity index (χ1v) is 21.9. The number of hydrogen-bond acceptors (Lipinski definition) is 14. The van der Waals surface area contributed by atoms with Crippen molar-refractivity contribution in [2.24, 2.45) is 11.5 Å². The van der Waals surface area contributed by atoms with E-state index in [0.717, 1.165) is 30.5 Å². The summed E-state index contributed by atoms with van der Waals surface area (Å²) >= 11 is 0. The highest BCUT2D eigenvalue weighted by Crippen LogP contribution is 2.35. The molecule has 8 rings (SSSR count). The van der Waals surface area contributed by atoms with Crippen LogP contribution >= 0.6 is 0 Å². The van der Waals surface area contributed by atoms with Crippen LogP contribution in [-0.4, -0.2) is 95.1 Å². The van der Waals surface area contributed by atoms with Crippen LogP contribution in [-0.2, 0) is 9.53 Å². The van der Waals surface area contributed by atoms with E-state index in [4.69, 9.17) is 32.7 Å². The van der Waals surface area contributed by atoms with Crippen molar-refractivity contribution in [1.82, 2.24) is 39.5 Å². The quantitative estimate of drug-likeness (QED) is 0.0680. The molecule has 2 aromatic carbocycles. The van der Waals surface area contributed by atoms with Crippen LogP contribution in [0, 0.1) is 0 Å². The monoisotopic (exact) mass is 980 g/mol. The number of aromatic nitrogens is 6. The van der Waals surface area contributed by atoms with E-state index in [-0.39, 0.29) is 34.9 Å². The number of hydrogen-bond donors (Lipinski definition) is 7. The summed E-state index contributed by atoms with van der Waals surface area (Å²) in [6.45, 7) is 6.74. The van der Waals surface area contributed by atoms with Crippen molar-refractivity contribution in [3.8, 4) is 22.5 Å². The minimum atomic E-state index is -4.64. The van der Waals surface area contributed by atoms with Crippen LogP contribution in [0.3, 0.4) is 0 Å². The molecule has 2 aliphatic heterocycles. The van der Waals surface area contributed by atoms with Gasteiger partial charge in [0.25, 0.3) is 23.6 Å². The number of carbonyl (C=O) groups excluding carboxylic acids is 6.